The van der Waals surface area contributed by atoms with Gasteiger partial charge in [0.05, 0.1) is 4.90 Å². The van der Waals surface area contributed by atoms with Gasteiger partial charge in [0.2, 0.25) is 0 Å². The highest BCUT2D eigenvalue weighted by molar-refractivity contribution is 7.72. The van der Waals surface area contributed by atoms with Gasteiger partial charge >= 0.3 is 0 Å². The zero-order valence-electron chi connectivity index (χ0n) is 10.8. The van der Waals surface area contributed by atoms with Gasteiger partial charge in [-0.3, -0.25) is 4.79 Å². The molecular formula is C15H15NO3S. The first kappa shape index (κ1) is 14.3. The molecule has 0 aliphatic heterocycles. The first-order valence-electron chi connectivity index (χ1n) is 6.24. The Bertz CT molecular complexity index is 658. The molecule has 0 bridgehead atoms. The van der Waals surface area contributed by atoms with Gasteiger partial charge in [-0.1, -0.05) is 36.4 Å². The van der Waals surface area contributed by atoms with Crippen LogP contribution in [0.1, 0.15) is 15.9 Å². The molecule has 1 amide bonds. The monoisotopic (exact) mass is 289 g/mol. The molecule has 0 unspecified atom stereocenters. The summed E-state index contributed by atoms with van der Waals surface area (Å²) < 4.78 is 22.2. The van der Waals surface area contributed by atoms with Crippen LogP contribution in [0, 0.1) is 0 Å². The lowest BCUT2D eigenvalue weighted by Crippen LogP contribution is -2.25. The maximum atomic E-state index is 11.8. The molecule has 0 saturated heterocycles. The summed E-state index contributed by atoms with van der Waals surface area (Å²) >= 11 is 0. The fraction of sp³-hybridized carbons (Fsp3) is 0.133. The zero-order valence-corrected chi connectivity index (χ0v) is 11.7. The van der Waals surface area contributed by atoms with Crippen LogP contribution in [0.4, 0.5) is 0 Å². The molecule has 4 nitrogen and oxygen atoms in total. The Kier molecular flexibility index (Phi) is 4.90. The summed E-state index contributed by atoms with van der Waals surface area (Å²) in [7, 11) is -2.60. The highest BCUT2D eigenvalue weighted by Gasteiger charge is 2.06. The van der Waals surface area contributed by atoms with Crippen molar-refractivity contribution in [2.75, 3.05) is 6.54 Å². The van der Waals surface area contributed by atoms with Crippen LogP contribution < -0.4 is 5.32 Å². The smallest absolute Gasteiger partial charge is 0.251 e. The van der Waals surface area contributed by atoms with Crippen LogP contribution in [0.3, 0.4) is 0 Å². The Balaban J connectivity index is 1.95. The van der Waals surface area contributed by atoms with Crippen LogP contribution in [0.5, 0.6) is 0 Å². The highest BCUT2D eigenvalue weighted by atomic mass is 32.2. The maximum Gasteiger partial charge on any atom is 0.251 e. The number of benzene rings is 2. The average molecular weight is 289 g/mol. The van der Waals surface area contributed by atoms with Gasteiger partial charge in [0, 0.05) is 12.1 Å². The van der Waals surface area contributed by atoms with Gasteiger partial charge in [0.1, 0.15) is 0 Å². The number of amides is 1. The Morgan fingerprint density at radius 3 is 2.30 bits per heavy atom. The lowest BCUT2D eigenvalue weighted by atomic mass is 10.1. The molecule has 0 heterocycles. The van der Waals surface area contributed by atoms with Crippen LogP contribution in [0.2, 0.25) is 0 Å². The Morgan fingerprint density at radius 1 is 0.950 bits per heavy atom. The van der Waals surface area contributed by atoms with E-state index < -0.39 is 10.7 Å². The Morgan fingerprint density at radius 2 is 1.60 bits per heavy atom. The molecule has 1 N–H and O–H groups in total. The van der Waals surface area contributed by atoms with E-state index in [1.54, 1.807) is 48.5 Å². The summed E-state index contributed by atoms with van der Waals surface area (Å²) in [5.41, 5.74) is 1.31. The van der Waals surface area contributed by atoms with Crippen molar-refractivity contribution in [1.82, 2.24) is 5.32 Å². The molecule has 0 radical (unpaired) electrons. The van der Waals surface area contributed by atoms with Gasteiger partial charge in [-0.25, -0.2) is 8.42 Å². The van der Waals surface area contributed by atoms with E-state index in [0.29, 0.717) is 23.4 Å². The van der Waals surface area contributed by atoms with E-state index in [1.165, 1.54) is 0 Å². The normalized spacial score (nSPS) is 10.4. The average Bonchev–Trinajstić information content (AvgIpc) is 2.48. The van der Waals surface area contributed by atoms with Crippen LogP contribution >= 0.6 is 0 Å². The van der Waals surface area contributed by atoms with Gasteiger partial charge in [-0.05, 0) is 30.2 Å². The molecule has 0 fully saturated rings. The van der Waals surface area contributed by atoms with Crippen LogP contribution in [-0.4, -0.2) is 20.9 Å². The molecule has 0 aromatic heterocycles. The SMILES string of the molecule is O=C(NCCc1ccccc1[SH](=O)=O)c1ccccc1. The van der Waals surface area contributed by atoms with Crippen molar-refractivity contribution in [2.24, 2.45) is 0 Å². The van der Waals surface area contributed by atoms with Crippen molar-refractivity contribution in [3.05, 3.63) is 65.7 Å². The van der Waals surface area contributed by atoms with Crippen molar-refractivity contribution in [3.8, 4) is 0 Å². The maximum absolute atomic E-state index is 11.8. The minimum atomic E-state index is -2.60. The van der Waals surface area contributed by atoms with Crippen LogP contribution in [-0.2, 0) is 17.1 Å². The molecule has 5 heteroatoms. The predicted octanol–water partition coefficient (Wildman–Crippen LogP) is 1.63. The topological polar surface area (TPSA) is 63.2 Å². The summed E-state index contributed by atoms with van der Waals surface area (Å²) in [6.07, 6.45) is 0.484. The molecule has 2 rings (SSSR count). The lowest BCUT2D eigenvalue weighted by Gasteiger charge is -2.07. The summed E-state index contributed by atoms with van der Waals surface area (Å²) in [4.78, 5) is 12.1. The number of nitrogens with one attached hydrogen (secondary N) is 1. The molecule has 0 aliphatic rings. The van der Waals surface area contributed by atoms with E-state index in [9.17, 15) is 13.2 Å². The van der Waals surface area contributed by atoms with Gasteiger partial charge < -0.3 is 5.32 Å². The first-order chi connectivity index (χ1) is 9.68. The summed E-state index contributed by atoms with van der Waals surface area (Å²) in [5.74, 6) is -0.158. The van der Waals surface area contributed by atoms with Crippen molar-refractivity contribution in [1.29, 1.82) is 0 Å². The zero-order chi connectivity index (χ0) is 14.4. The van der Waals surface area contributed by atoms with E-state index in [4.69, 9.17) is 0 Å². The molecule has 104 valence electrons. The van der Waals surface area contributed by atoms with Crippen molar-refractivity contribution in [3.63, 3.8) is 0 Å². The number of hydrogen-bond acceptors (Lipinski definition) is 3. The largest absolute Gasteiger partial charge is 0.352 e. The standard InChI is InChI=1S/C15H15NO3S/c17-15(13-7-2-1-3-8-13)16-11-10-12-6-4-5-9-14(12)20(18)19/h1-9,20H,10-11H2,(H,16,17). The fourth-order valence-electron chi connectivity index (χ4n) is 1.90. The fourth-order valence-corrected chi connectivity index (χ4v) is 2.53. The first-order valence-corrected chi connectivity index (χ1v) is 7.42. The molecule has 0 spiro atoms. The van der Waals surface area contributed by atoms with Crippen molar-refractivity contribution < 1.29 is 13.2 Å². The molecule has 2 aromatic carbocycles. The molecule has 0 aliphatic carbocycles. The minimum Gasteiger partial charge on any atom is -0.352 e. The van der Waals surface area contributed by atoms with E-state index in [1.807, 2.05) is 6.07 Å². The quantitative estimate of drug-likeness (QED) is 0.822. The molecular weight excluding hydrogens is 274 g/mol. The van der Waals surface area contributed by atoms with Crippen LogP contribution in [0.25, 0.3) is 0 Å². The van der Waals surface area contributed by atoms with E-state index in [-0.39, 0.29) is 5.91 Å². The van der Waals surface area contributed by atoms with E-state index in [0.717, 1.165) is 5.56 Å². The van der Waals surface area contributed by atoms with Crippen molar-refractivity contribution >= 4 is 16.6 Å². The number of carbonyl (C=O) groups excluding carboxylic acids is 1. The Labute approximate surface area is 119 Å². The van der Waals surface area contributed by atoms with E-state index >= 15 is 0 Å². The second kappa shape index (κ2) is 6.86. The molecule has 2 aromatic rings. The van der Waals surface area contributed by atoms with Gasteiger partial charge in [0.15, 0.2) is 10.7 Å². The predicted molar refractivity (Wildman–Crippen MR) is 77.5 cm³/mol. The molecule has 0 saturated carbocycles. The van der Waals surface area contributed by atoms with Crippen molar-refractivity contribution in [2.45, 2.75) is 11.3 Å². The second-order valence-corrected chi connectivity index (χ2v) is 5.25. The molecule has 0 atom stereocenters. The summed E-state index contributed by atoms with van der Waals surface area (Å²) in [6.45, 7) is 0.397. The van der Waals surface area contributed by atoms with Crippen LogP contribution in [0.15, 0.2) is 59.5 Å². The third-order valence-corrected chi connectivity index (χ3v) is 3.73. The number of rotatable bonds is 5. The summed E-state index contributed by atoms with van der Waals surface area (Å²) in [6, 6.07) is 15.7. The van der Waals surface area contributed by atoms with Gasteiger partial charge in [-0.15, -0.1) is 0 Å². The minimum absolute atomic E-state index is 0.158. The Hall–Kier alpha value is -2.14. The van der Waals surface area contributed by atoms with Gasteiger partial charge in [-0.2, -0.15) is 0 Å². The lowest BCUT2D eigenvalue weighted by molar-refractivity contribution is 0.0954. The number of thiol groups is 1. The number of carbonyl (C=O) groups is 1. The van der Waals surface area contributed by atoms with Gasteiger partial charge in [0.25, 0.3) is 5.91 Å². The molecule has 20 heavy (non-hydrogen) atoms. The highest BCUT2D eigenvalue weighted by Crippen LogP contribution is 2.10. The number of hydrogen-bond donors (Lipinski definition) is 2. The summed E-state index contributed by atoms with van der Waals surface area (Å²) in [5, 5.41) is 2.78. The third kappa shape index (κ3) is 3.68. The third-order valence-electron chi connectivity index (χ3n) is 2.90. The van der Waals surface area contributed by atoms with E-state index in [2.05, 4.69) is 5.32 Å². The second-order valence-electron chi connectivity index (χ2n) is 4.26.